The minimum absolute atomic E-state index is 0.431. The molecular formula is C7H4N2O10S. The van der Waals surface area contributed by atoms with Gasteiger partial charge in [0.25, 0.3) is 15.2 Å². The molecule has 0 atom stereocenters. The number of carbonyl (C=O) groups excluding carboxylic acids is 1. The zero-order valence-corrected chi connectivity index (χ0v) is 9.97. The van der Waals surface area contributed by atoms with Gasteiger partial charge in [-0.15, -0.1) is 20.2 Å². The summed E-state index contributed by atoms with van der Waals surface area (Å²) in [5.41, 5.74) is -0.923. The van der Waals surface area contributed by atoms with E-state index in [4.69, 9.17) is 4.55 Å². The molecule has 0 radical (unpaired) electrons. The monoisotopic (exact) mass is 308 g/mol. The lowest BCUT2D eigenvalue weighted by Crippen LogP contribution is -2.15. The van der Waals surface area contributed by atoms with Crippen molar-refractivity contribution in [2.24, 2.45) is 0 Å². The fraction of sp³-hybridized carbons (Fsp3) is 0. The Kier molecular flexibility index (Phi) is 4.16. The van der Waals surface area contributed by atoms with E-state index in [0.717, 1.165) is 0 Å². The Morgan fingerprint density at radius 1 is 1.20 bits per heavy atom. The van der Waals surface area contributed by atoms with Gasteiger partial charge in [-0.1, -0.05) is 0 Å². The zero-order valence-electron chi connectivity index (χ0n) is 9.16. The lowest BCUT2D eigenvalue weighted by atomic mass is 10.2. The van der Waals surface area contributed by atoms with Crippen molar-refractivity contribution >= 4 is 16.1 Å². The predicted molar refractivity (Wildman–Crippen MR) is 56.3 cm³/mol. The number of nitrogens with zero attached hydrogens (tertiary/aromatic N) is 2. The summed E-state index contributed by atoms with van der Waals surface area (Å²) in [5, 5.41) is 17.4. The van der Waals surface area contributed by atoms with Crippen LogP contribution in [0.1, 0.15) is 10.4 Å². The molecule has 1 rings (SSSR count). The van der Waals surface area contributed by atoms with Gasteiger partial charge in [0.2, 0.25) is 0 Å². The summed E-state index contributed by atoms with van der Waals surface area (Å²) in [7, 11) is -4.74. The number of carbonyl (C=O) groups is 1. The Morgan fingerprint density at radius 3 is 2.25 bits per heavy atom. The first-order valence-electron chi connectivity index (χ1n) is 4.42. The largest absolute Gasteiger partial charge is 0.336 e. The summed E-state index contributed by atoms with van der Waals surface area (Å²) in [6.07, 6.45) is 0. The molecule has 0 heterocycles. The molecule has 0 saturated carbocycles. The molecule has 0 bridgehead atoms. The van der Waals surface area contributed by atoms with Crippen LogP contribution in [0.5, 0.6) is 5.75 Å². The minimum atomic E-state index is -4.74. The fourth-order valence-electron chi connectivity index (χ4n) is 1.11. The van der Waals surface area contributed by atoms with Crippen LogP contribution in [-0.4, -0.2) is 29.1 Å². The third-order valence-corrected chi connectivity index (χ3v) is 2.65. The van der Waals surface area contributed by atoms with Crippen LogP contribution in [0.15, 0.2) is 23.1 Å². The zero-order chi connectivity index (χ0) is 15.5. The van der Waals surface area contributed by atoms with Gasteiger partial charge in [0, 0.05) is 0 Å². The van der Waals surface area contributed by atoms with Crippen LogP contribution in [-0.2, 0) is 15.0 Å². The Hall–Kier alpha value is -2.80. The first kappa shape index (κ1) is 15.3. The first-order valence-corrected chi connectivity index (χ1v) is 5.86. The van der Waals surface area contributed by atoms with Crippen LogP contribution in [0.3, 0.4) is 0 Å². The average Bonchev–Trinajstić information content (AvgIpc) is 2.25. The molecule has 0 spiro atoms. The van der Waals surface area contributed by atoms with E-state index in [2.05, 4.69) is 9.68 Å². The molecular weight excluding hydrogens is 304 g/mol. The van der Waals surface area contributed by atoms with Crippen molar-refractivity contribution in [1.29, 1.82) is 0 Å². The molecule has 1 N–H and O–H groups in total. The SMILES string of the molecule is O=C(O[N+](=O)[O-])c1cc(S(=O)(=O)O)ccc1O[N+](=O)[O-]. The summed E-state index contributed by atoms with van der Waals surface area (Å²) in [6, 6.07) is 1.78. The highest BCUT2D eigenvalue weighted by Gasteiger charge is 2.21. The Labute approximate surface area is 109 Å². The molecule has 0 unspecified atom stereocenters. The number of benzene rings is 1. The Bertz CT molecular complexity index is 681. The first-order chi connectivity index (χ1) is 9.11. The van der Waals surface area contributed by atoms with E-state index in [-0.39, 0.29) is 0 Å². The molecule has 1 aromatic rings. The molecule has 20 heavy (non-hydrogen) atoms. The van der Waals surface area contributed by atoms with E-state index in [9.17, 15) is 33.4 Å². The van der Waals surface area contributed by atoms with Crippen molar-refractivity contribution in [2.45, 2.75) is 4.90 Å². The second-order valence-electron chi connectivity index (χ2n) is 3.05. The molecule has 108 valence electrons. The fourth-order valence-corrected chi connectivity index (χ4v) is 1.61. The third-order valence-electron chi connectivity index (χ3n) is 1.80. The second-order valence-corrected chi connectivity index (χ2v) is 4.47. The highest BCUT2D eigenvalue weighted by molar-refractivity contribution is 7.85. The molecule has 0 aromatic heterocycles. The van der Waals surface area contributed by atoms with Crippen molar-refractivity contribution < 1.29 is 37.6 Å². The molecule has 0 aliphatic rings. The van der Waals surface area contributed by atoms with Gasteiger partial charge in [0.05, 0.1) is 10.5 Å². The molecule has 0 aliphatic heterocycles. The summed E-state index contributed by atoms with van der Waals surface area (Å²) < 4.78 is 30.5. The van der Waals surface area contributed by atoms with Crippen molar-refractivity contribution in [3.05, 3.63) is 44.0 Å². The molecule has 1 aromatic carbocycles. The van der Waals surface area contributed by atoms with Crippen LogP contribution in [0.25, 0.3) is 0 Å². The van der Waals surface area contributed by atoms with Crippen molar-refractivity contribution in [3.8, 4) is 5.75 Å². The molecule has 0 amide bonds. The minimum Gasteiger partial charge on any atom is -0.282 e. The third kappa shape index (κ3) is 3.85. The van der Waals surface area contributed by atoms with E-state index >= 15 is 0 Å². The number of hydrogen-bond acceptors (Lipinski definition) is 9. The van der Waals surface area contributed by atoms with Gasteiger partial charge in [0.1, 0.15) is 5.75 Å². The molecule has 12 nitrogen and oxygen atoms in total. The van der Waals surface area contributed by atoms with E-state index < -0.39 is 42.5 Å². The summed E-state index contributed by atoms with van der Waals surface area (Å²) in [5.74, 6) is -2.51. The lowest BCUT2D eigenvalue weighted by Gasteiger charge is -2.06. The highest BCUT2D eigenvalue weighted by Crippen LogP contribution is 2.23. The normalized spacial score (nSPS) is 10.7. The van der Waals surface area contributed by atoms with Gasteiger partial charge in [0.15, 0.2) is 0 Å². The maximum atomic E-state index is 11.3. The lowest BCUT2D eigenvalue weighted by molar-refractivity contribution is -0.727. The van der Waals surface area contributed by atoms with Crippen LogP contribution >= 0.6 is 0 Å². The quantitative estimate of drug-likeness (QED) is 0.437. The number of rotatable bonds is 5. The smallest absolute Gasteiger partial charge is 0.282 e. The maximum Gasteiger partial charge on any atom is 0.336 e. The standard InChI is InChI=1S/C7H4N2O10S/c10-7(19-9(13)14)5-3-4(20(15,16)17)1-2-6(5)18-8(11)12/h1-3H,(H,15,16,17). The average molecular weight is 308 g/mol. The van der Waals surface area contributed by atoms with Crippen molar-refractivity contribution in [1.82, 2.24) is 0 Å². The van der Waals surface area contributed by atoms with Crippen LogP contribution in [0, 0.1) is 20.2 Å². The summed E-state index contributed by atoms with van der Waals surface area (Å²) in [4.78, 5) is 38.1. The Balaban J connectivity index is 3.36. The summed E-state index contributed by atoms with van der Waals surface area (Å²) >= 11 is 0. The predicted octanol–water partition coefficient (Wildman–Crippen LogP) is -0.148. The molecule has 0 fully saturated rings. The second kappa shape index (κ2) is 5.45. The topological polar surface area (TPSA) is 176 Å². The van der Waals surface area contributed by atoms with Gasteiger partial charge in [-0.3, -0.25) is 14.2 Å². The number of hydrogen-bond donors (Lipinski definition) is 1. The van der Waals surface area contributed by atoms with Crippen molar-refractivity contribution in [2.75, 3.05) is 0 Å². The van der Waals surface area contributed by atoms with Gasteiger partial charge < -0.3 is 0 Å². The van der Waals surface area contributed by atoms with Gasteiger partial charge in [-0.25, -0.2) is 4.84 Å². The molecule has 13 heteroatoms. The van der Waals surface area contributed by atoms with Crippen LogP contribution in [0.2, 0.25) is 0 Å². The van der Waals surface area contributed by atoms with E-state index in [0.29, 0.717) is 18.2 Å². The van der Waals surface area contributed by atoms with Gasteiger partial charge in [-0.2, -0.15) is 8.42 Å². The molecule has 0 saturated heterocycles. The van der Waals surface area contributed by atoms with Crippen LogP contribution < -0.4 is 4.84 Å². The van der Waals surface area contributed by atoms with Gasteiger partial charge >= 0.3 is 11.1 Å². The summed E-state index contributed by atoms with van der Waals surface area (Å²) in [6.45, 7) is 0. The Morgan fingerprint density at radius 2 is 1.80 bits per heavy atom. The van der Waals surface area contributed by atoms with E-state index in [1.54, 1.807) is 0 Å². The van der Waals surface area contributed by atoms with E-state index in [1.165, 1.54) is 0 Å². The van der Waals surface area contributed by atoms with Crippen LogP contribution in [0.4, 0.5) is 0 Å². The maximum absolute atomic E-state index is 11.3. The van der Waals surface area contributed by atoms with E-state index in [1.807, 2.05) is 0 Å². The van der Waals surface area contributed by atoms with Crippen molar-refractivity contribution in [3.63, 3.8) is 0 Å². The molecule has 0 aliphatic carbocycles. The highest BCUT2D eigenvalue weighted by atomic mass is 32.2. The van der Waals surface area contributed by atoms with Gasteiger partial charge in [-0.05, 0) is 18.2 Å².